The molecule has 5 nitrogen and oxygen atoms in total. The minimum atomic E-state index is -3.28. The molecule has 7 heteroatoms. The largest absolute Gasteiger partial charge is 0.355 e. The summed E-state index contributed by atoms with van der Waals surface area (Å²) in [6, 6.07) is 6.12. The van der Waals surface area contributed by atoms with Crippen molar-refractivity contribution in [3.05, 3.63) is 35.6 Å². The molecule has 1 N–H and O–H groups in total. The molecule has 0 atom stereocenters. The van der Waals surface area contributed by atoms with Crippen molar-refractivity contribution in [3.63, 3.8) is 0 Å². The third-order valence-corrected chi connectivity index (χ3v) is 5.79. The fourth-order valence-electron chi connectivity index (χ4n) is 2.63. The molecule has 0 unspecified atom stereocenters. The Kier molecular flexibility index (Phi) is 6.53. The van der Waals surface area contributed by atoms with E-state index in [-0.39, 0.29) is 30.4 Å². The average molecular weight is 342 g/mol. The van der Waals surface area contributed by atoms with Crippen molar-refractivity contribution in [2.24, 2.45) is 0 Å². The molecular weight excluding hydrogens is 319 g/mol. The van der Waals surface area contributed by atoms with Gasteiger partial charge in [-0.05, 0) is 37.0 Å². The normalized spacial score (nSPS) is 16.2. The number of hydrogen-bond acceptors (Lipinski definition) is 3. The zero-order valence-electron chi connectivity index (χ0n) is 13.1. The SMILES string of the molecule is O=C(CCc1cccc(F)c1)NCCS(=O)(=O)N1CCCCC1. The van der Waals surface area contributed by atoms with Crippen molar-refractivity contribution < 1.29 is 17.6 Å². The molecule has 0 spiro atoms. The van der Waals surface area contributed by atoms with Crippen LogP contribution in [-0.4, -0.2) is 44.0 Å². The van der Waals surface area contributed by atoms with Crippen molar-refractivity contribution in [2.45, 2.75) is 32.1 Å². The smallest absolute Gasteiger partial charge is 0.220 e. The summed E-state index contributed by atoms with van der Waals surface area (Å²) in [7, 11) is -3.28. The molecule has 1 amide bonds. The van der Waals surface area contributed by atoms with Crippen LogP contribution in [0, 0.1) is 5.82 Å². The number of amides is 1. The highest BCUT2D eigenvalue weighted by atomic mass is 32.2. The summed E-state index contributed by atoms with van der Waals surface area (Å²) in [5.74, 6) is -0.614. The van der Waals surface area contributed by atoms with Gasteiger partial charge in [-0.1, -0.05) is 18.6 Å². The van der Waals surface area contributed by atoms with E-state index in [9.17, 15) is 17.6 Å². The highest BCUT2D eigenvalue weighted by molar-refractivity contribution is 7.89. The Morgan fingerprint density at radius 2 is 1.96 bits per heavy atom. The number of carbonyl (C=O) groups excluding carboxylic acids is 1. The van der Waals surface area contributed by atoms with Crippen molar-refractivity contribution in [2.75, 3.05) is 25.4 Å². The number of aryl methyl sites for hydroxylation is 1. The Morgan fingerprint density at radius 3 is 2.65 bits per heavy atom. The van der Waals surface area contributed by atoms with E-state index in [0.717, 1.165) is 24.8 Å². The standard InChI is InChI=1S/C16H23FN2O3S/c17-15-6-4-5-14(13-15)7-8-16(20)18-9-12-23(21,22)19-10-2-1-3-11-19/h4-6,13H,1-3,7-12H2,(H,18,20). The van der Waals surface area contributed by atoms with E-state index < -0.39 is 10.0 Å². The number of nitrogens with zero attached hydrogens (tertiary/aromatic N) is 1. The molecule has 1 aromatic rings. The van der Waals surface area contributed by atoms with Gasteiger partial charge >= 0.3 is 0 Å². The van der Waals surface area contributed by atoms with Crippen LogP contribution in [0.4, 0.5) is 4.39 Å². The van der Waals surface area contributed by atoms with Crippen LogP contribution in [0.3, 0.4) is 0 Å². The molecule has 23 heavy (non-hydrogen) atoms. The van der Waals surface area contributed by atoms with Crippen molar-refractivity contribution in [1.29, 1.82) is 0 Å². The number of hydrogen-bond donors (Lipinski definition) is 1. The monoisotopic (exact) mass is 342 g/mol. The Labute approximate surface area is 136 Å². The Morgan fingerprint density at radius 1 is 1.22 bits per heavy atom. The van der Waals surface area contributed by atoms with Gasteiger partial charge < -0.3 is 5.32 Å². The molecule has 0 aliphatic carbocycles. The molecule has 0 aromatic heterocycles. The van der Waals surface area contributed by atoms with Crippen LogP contribution in [0.1, 0.15) is 31.2 Å². The number of benzene rings is 1. The summed E-state index contributed by atoms with van der Waals surface area (Å²) in [4.78, 5) is 11.8. The van der Waals surface area contributed by atoms with Gasteiger partial charge in [0.2, 0.25) is 15.9 Å². The zero-order valence-corrected chi connectivity index (χ0v) is 13.9. The number of piperidine rings is 1. The highest BCUT2D eigenvalue weighted by Crippen LogP contribution is 2.13. The van der Waals surface area contributed by atoms with E-state index in [0.29, 0.717) is 19.5 Å². The van der Waals surface area contributed by atoms with Crippen molar-refractivity contribution in [1.82, 2.24) is 9.62 Å². The summed E-state index contributed by atoms with van der Waals surface area (Å²) in [5, 5.41) is 2.62. The van der Waals surface area contributed by atoms with Gasteiger partial charge in [-0.2, -0.15) is 0 Å². The van der Waals surface area contributed by atoms with Gasteiger partial charge in [-0.3, -0.25) is 4.79 Å². The molecule has 1 aliphatic rings. The number of nitrogens with one attached hydrogen (secondary N) is 1. The van der Waals surface area contributed by atoms with Crippen LogP contribution in [0.2, 0.25) is 0 Å². The van der Waals surface area contributed by atoms with Crippen molar-refractivity contribution in [3.8, 4) is 0 Å². The minimum Gasteiger partial charge on any atom is -0.355 e. The summed E-state index contributed by atoms with van der Waals surface area (Å²) in [6.07, 6.45) is 3.52. The van der Waals surface area contributed by atoms with Gasteiger partial charge in [0, 0.05) is 26.1 Å². The fraction of sp³-hybridized carbons (Fsp3) is 0.562. The molecule has 0 radical (unpaired) electrons. The van der Waals surface area contributed by atoms with E-state index in [1.807, 2.05) is 0 Å². The minimum absolute atomic E-state index is 0.0707. The quantitative estimate of drug-likeness (QED) is 0.820. The first kappa shape index (κ1) is 17.9. The molecule has 0 bridgehead atoms. The second kappa shape index (κ2) is 8.40. The average Bonchev–Trinajstić information content (AvgIpc) is 2.54. The van der Waals surface area contributed by atoms with E-state index >= 15 is 0 Å². The van der Waals surface area contributed by atoms with Crippen LogP contribution in [0.5, 0.6) is 0 Å². The molecular formula is C16H23FN2O3S. The van der Waals surface area contributed by atoms with E-state index in [2.05, 4.69) is 5.32 Å². The van der Waals surface area contributed by atoms with Gasteiger partial charge in [-0.25, -0.2) is 17.1 Å². The van der Waals surface area contributed by atoms with Crippen LogP contribution in [0.15, 0.2) is 24.3 Å². The van der Waals surface area contributed by atoms with E-state index in [1.54, 1.807) is 12.1 Å². The van der Waals surface area contributed by atoms with Gasteiger partial charge in [0.15, 0.2) is 0 Å². The zero-order chi connectivity index (χ0) is 16.7. The number of rotatable bonds is 7. The second-order valence-electron chi connectivity index (χ2n) is 5.76. The third kappa shape index (κ3) is 5.91. The first-order valence-electron chi connectivity index (χ1n) is 7.96. The summed E-state index contributed by atoms with van der Waals surface area (Å²) < 4.78 is 38.8. The highest BCUT2D eigenvalue weighted by Gasteiger charge is 2.23. The molecule has 2 rings (SSSR count). The van der Waals surface area contributed by atoms with Crippen LogP contribution < -0.4 is 5.32 Å². The Bertz CT molecular complexity index is 628. The third-order valence-electron chi connectivity index (χ3n) is 3.92. The Hall–Kier alpha value is -1.47. The molecule has 0 saturated carbocycles. The van der Waals surface area contributed by atoms with Crippen LogP contribution in [0.25, 0.3) is 0 Å². The van der Waals surface area contributed by atoms with Crippen molar-refractivity contribution >= 4 is 15.9 Å². The van der Waals surface area contributed by atoms with Gasteiger partial charge in [0.05, 0.1) is 5.75 Å². The predicted octanol–water partition coefficient (Wildman–Crippen LogP) is 1.69. The molecule has 1 aliphatic heterocycles. The van der Waals surface area contributed by atoms with E-state index in [4.69, 9.17) is 0 Å². The number of sulfonamides is 1. The first-order valence-corrected chi connectivity index (χ1v) is 9.57. The van der Waals surface area contributed by atoms with Gasteiger partial charge in [-0.15, -0.1) is 0 Å². The fourth-order valence-corrected chi connectivity index (χ4v) is 4.06. The number of carbonyl (C=O) groups is 1. The van der Waals surface area contributed by atoms with E-state index in [1.165, 1.54) is 16.4 Å². The van der Waals surface area contributed by atoms with Gasteiger partial charge in [0.25, 0.3) is 0 Å². The first-order chi connectivity index (χ1) is 11.0. The molecule has 1 fully saturated rings. The summed E-state index contributed by atoms with van der Waals surface area (Å²) in [5.41, 5.74) is 0.751. The molecule has 1 saturated heterocycles. The lowest BCUT2D eigenvalue weighted by molar-refractivity contribution is -0.120. The second-order valence-corrected chi connectivity index (χ2v) is 7.84. The maximum atomic E-state index is 13.0. The molecule has 1 heterocycles. The van der Waals surface area contributed by atoms with Gasteiger partial charge in [0.1, 0.15) is 5.82 Å². The number of halogens is 1. The Balaban J connectivity index is 1.70. The summed E-state index contributed by atoms with van der Waals surface area (Å²) in [6.45, 7) is 1.27. The predicted molar refractivity (Wildman–Crippen MR) is 86.9 cm³/mol. The lowest BCUT2D eigenvalue weighted by Crippen LogP contribution is -2.40. The topological polar surface area (TPSA) is 66.5 Å². The molecule has 1 aromatic carbocycles. The van der Waals surface area contributed by atoms with Crippen LogP contribution in [-0.2, 0) is 21.2 Å². The maximum absolute atomic E-state index is 13.0. The lowest BCUT2D eigenvalue weighted by atomic mass is 10.1. The molecule has 128 valence electrons. The maximum Gasteiger partial charge on any atom is 0.220 e. The summed E-state index contributed by atoms with van der Waals surface area (Å²) >= 11 is 0. The lowest BCUT2D eigenvalue weighted by Gasteiger charge is -2.25. The van der Waals surface area contributed by atoms with Crippen LogP contribution >= 0.6 is 0 Å².